The highest BCUT2D eigenvalue weighted by molar-refractivity contribution is 6.31. The van der Waals surface area contributed by atoms with Crippen LogP contribution in [0.5, 0.6) is 0 Å². The predicted octanol–water partition coefficient (Wildman–Crippen LogP) is 7.99. The fourth-order valence-corrected chi connectivity index (χ4v) is 3.91. The van der Waals surface area contributed by atoms with Crippen LogP contribution in [-0.4, -0.2) is 10.9 Å². The molecule has 5 rings (SSSR count). The summed E-state index contributed by atoms with van der Waals surface area (Å²) in [6.45, 7) is 5.90. The van der Waals surface area contributed by atoms with Crippen molar-refractivity contribution in [2.24, 2.45) is 0 Å². The van der Waals surface area contributed by atoms with Crippen molar-refractivity contribution in [2.45, 2.75) is 20.8 Å². The minimum Gasteiger partial charge on any atom is -0.457 e. The van der Waals surface area contributed by atoms with Crippen LogP contribution < -0.4 is 5.32 Å². The molecule has 1 amide bonds. The zero-order valence-electron chi connectivity index (χ0n) is 19.6. The van der Waals surface area contributed by atoms with Crippen LogP contribution in [0.1, 0.15) is 22.5 Å². The SMILES string of the molecule is Cc1ccc2oc(-c3ccc(C)c(NC(=O)C=Cc4ccc(-c5ccc(C)c(Cl)c5)o4)c3)nc2c1. The molecule has 0 aliphatic heterocycles. The number of amides is 1. The lowest BCUT2D eigenvalue weighted by Gasteiger charge is -2.07. The number of hydrogen-bond donors (Lipinski definition) is 1. The Morgan fingerprint density at radius 3 is 2.51 bits per heavy atom. The van der Waals surface area contributed by atoms with Crippen molar-refractivity contribution in [1.29, 1.82) is 0 Å². The molecular weight excluding hydrogens is 460 g/mol. The lowest BCUT2D eigenvalue weighted by atomic mass is 10.1. The second-order valence-electron chi connectivity index (χ2n) is 8.51. The first-order valence-corrected chi connectivity index (χ1v) is 11.6. The Labute approximate surface area is 208 Å². The number of furan rings is 1. The van der Waals surface area contributed by atoms with Crippen LogP contribution in [-0.2, 0) is 4.79 Å². The second kappa shape index (κ2) is 9.28. The molecule has 0 atom stereocenters. The van der Waals surface area contributed by atoms with Gasteiger partial charge in [0, 0.05) is 27.9 Å². The zero-order valence-corrected chi connectivity index (χ0v) is 20.3. The number of rotatable bonds is 5. The lowest BCUT2D eigenvalue weighted by Crippen LogP contribution is -2.09. The summed E-state index contributed by atoms with van der Waals surface area (Å²) in [6.07, 6.45) is 3.08. The average Bonchev–Trinajstić information content (AvgIpc) is 3.48. The molecule has 5 nitrogen and oxygen atoms in total. The second-order valence-corrected chi connectivity index (χ2v) is 8.92. The van der Waals surface area contributed by atoms with Crippen LogP contribution in [0.4, 0.5) is 5.69 Å². The third kappa shape index (κ3) is 4.91. The number of carbonyl (C=O) groups is 1. The molecule has 0 unspecified atom stereocenters. The van der Waals surface area contributed by atoms with Gasteiger partial charge in [0.25, 0.3) is 0 Å². The fraction of sp³-hybridized carbons (Fsp3) is 0.103. The first-order chi connectivity index (χ1) is 16.9. The van der Waals surface area contributed by atoms with Crippen molar-refractivity contribution in [3.63, 3.8) is 0 Å². The largest absolute Gasteiger partial charge is 0.457 e. The Balaban J connectivity index is 1.31. The number of oxazole rings is 1. The molecule has 0 radical (unpaired) electrons. The highest BCUT2D eigenvalue weighted by Crippen LogP contribution is 2.29. The zero-order chi connectivity index (χ0) is 24.5. The van der Waals surface area contributed by atoms with Crippen LogP contribution in [0.15, 0.2) is 81.6 Å². The maximum Gasteiger partial charge on any atom is 0.248 e. The van der Waals surface area contributed by atoms with E-state index < -0.39 is 0 Å². The van der Waals surface area contributed by atoms with Crippen molar-refractivity contribution < 1.29 is 13.6 Å². The molecule has 1 N–H and O–H groups in total. The normalized spacial score (nSPS) is 11.4. The number of nitrogens with zero attached hydrogens (tertiary/aromatic N) is 1. The van der Waals surface area contributed by atoms with Gasteiger partial charge in [-0.15, -0.1) is 0 Å². The highest BCUT2D eigenvalue weighted by atomic mass is 35.5. The Morgan fingerprint density at radius 2 is 1.69 bits per heavy atom. The fourth-order valence-electron chi connectivity index (χ4n) is 3.73. The maximum atomic E-state index is 12.6. The predicted molar refractivity (Wildman–Crippen MR) is 140 cm³/mol. The number of aromatic nitrogens is 1. The number of anilines is 1. The van der Waals surface area contributed by atoms with E-state index in [0.717, 1.165) is 38.9 Å². The molecule has 2 aromatic heterocycles. The Hall–Kier alpha value is -4.09. The molecule has 0 saturated carbocycles. The molecule has 0 aliphatic carbocycles. The number of fused-ring (bicyclic) bond motifs is 1. The average molecular weight is 483 g/mol. The first-order valence-electron chi connectivity index (χ1n) is 11.2. The molecule has 174 valence electrons. The van der Waals surface area contributed by atoms with E-state index in [4.69, 9.17) is 20.4 Å². The molecule has 35 heavy (non-hydrogen) atoms. The van der Waals surface area contributed by atoms with E-state index in [1.165, 1.54) is 6.08 Å². The summed E-state index contributed by atoms with van der Waals surface area (Å²) in [5, 5.41) is 3.61. The van der Waals surface area contributed by atoms with E-state index in [1.807, 2.05) is 87.5 Å². The third-order valence-corrected chi connectivity index (χ3v) is 6.17. The lowest BCUT2D eigenvalue weighted by molar-refractivity contribution is -0.111. The maximum absolute atomic E-state index is 12.6. The quantitative estimate of drug-likeness (QED) is 0.258. The van der Waals surface area contributed by atoms with Gasteiger partial charge >= 0.3 is 0 Å². The number of nitrogens with one attached hydrogen (secondary N) is 1. The number of benzene rings is 3. The van der Waals surface area contributed by atoms with E-state index in [1.54, 1.807) is 6.08 Å². The van der Waals surface area contributed by atoms with Gasteiger partial charge in [-0.1, -0.05) is 35.9 Å². The van der Waals surface area contributed by atoms with Gasteiger partial charge in [-0.05, 0) is 86.0 Å². The van der Waals surface area contributed by atoms with Crippen LogP contribution in [0.2, 0.25) is 5.02 Å². The highest BCUT2D eigenvalue weighted by Gasteiger charge is 2.11. The summed E-state index contributed by atoms with van der Waals surface area (Å²) in [5.74, 6) is 1.49. The van der Waals surface area contributed by atoms with Gasteiger partial charge in [0.15, 0.2) is 5.58 Å². The van der Waals surface area contributed by atoms with Gasteiger partial charge in [0.05, 0.1) is 0 Å². The van der Waals surface area contributed by atoms with E-state index in [2.05, 4.69) is 10.3 Å². The standard InChI is InChI=1S/C29H23ClN2O3/c1-17-4-11-27-25(14-17)32-29(35-27)21-8-6-19(3)24(16-21)31-28(33)13-10-22-9-12-26(34-22)20-7-5-18(2)23(30)15-20/h4-16H,1-3H3,(H,31,33). The molecule has 0 bridgehead atoms. The van der Waals surface area contributed by atoms with E-state index in [0.29, 0.717) is 28.1 Å². The Morgan fingerprint density at radius 1 is 0.886 bits per heavy atom. The molecule has 0 spiro atoms. The summed E-state index contributed by atoms with van der Waals surface area (Å²) < 4.78 is 11.8. The number of hydrogen-bond acceptors (Lipinski definition) is 4. The van der Waals surface area contributed by atoms with Gasteiger partial charge < -0.3 is 14.2 Å². The molecule has 5 aromatic rings. The van der Waals surface area contributed by atoms with Crippen molar-refractivity contribution in [3.8, 4) is 22.8 Å². The summed E-state index contributed by atoms with van der Waals surface area (Å²) in [5.41, 5.74) is 6.94. The summed E-state index contributed by atoms with van der Waals surface area (Å²) in [6, 6.07) is 21.0. The monoisotopic (exact) mass is 482 g/mol. The van der Waals surface area contributed by atoms with E-state index >= 15 is 0 Å². The summed E-state index contributed by atoms with van der Waals surface area (Å²) >= 11 is 6.22. The van der Waals surface area contributed by atoms with Crippen molar-refractivity contribution >= 4 is 40.4 Å². The van der Waals surface area contributed by atoms with Crippen LogP contribution in [0.3, 0.4) is 0 Å². The van der Waals surface area contributed by atoms with Crippen LogP contribution in [0.25, 0.3) is 40.0 Å². The van der Waals surface area contributed by atoms with Crippen molar-refractivity contribution in [1.82, 2.24) is 4.98 Å². The van der Waals surface area contributed by atoms with Gasteiger partial charge in [-0.3, -0.25) is 4.79 Å². The topological polar surface area (TPSA) is 68.3 Å². The van der Waals surface area contributed by atoms with Crippen molar-refractivity contribution in [2.75, 3.05) is 5.32 Å². The number of aryl methyl sites for hydroxylation is 3. The molecule has 0 aliphatic rings. The molecule has 3 aromatic carbocycles. The molecule has 6 heteroatoms. The minimum absolute atomic E-state index is 0.269. The number of halogens is 1. The third-order valence-electron chi connectivity index (χ3n) is 5.77. The van der Waals surface area contributed by atoms with Crippen molar-refractivity contribution in [3.05, 3.63) is 100 Å². The summed E-state index contributed by atoms with van der Waals surface area (Å²) in [7, 11) is 0. The van der Waals surface area contributed by atoms with Gasteiger partial charge in [0.1, 0.15) is 17.0 Å². The molecule has 0 fully saturated rings. The van der Waals surface area contributed by atoms with E-state index in [-0.39, 0.29) is 5.91 Å². The van der Waals surface area contributed by atoms with Crippen LogP contribution in [0, 0.1) is 20.8 Å². The molecule has 2 heterocycles. The Kier molecular flexibility index (Phi) is 6.01. The Bertz CT molecular complexity index is 1590. The molecule has 0 saturated heterocycles. The first kappa shape index (κ1) is 22.7. The molecular formula is C29H23ClN2O3. The van der Waals surface area contributed by atoms with Gasteiger partial charge in [-0.25, -0.2) is 4.98 Å². The summed E-state index contributed by atoms with van der Waals surface area (Å²) in [4.78, 5) is 17.2. The van der Waals surface area contributed by atoms with Gasteiger partial charge in [0.2, 0.25) is 11.8 Å². The number of carbonyl (C=O) groups excluding carboxylic acids is 1. The smallest absolute Gasteiger partial charge is 0.248 e. The minimum atomic E-state index is -0.269. The van der Waals surface area contributed by atoms with Gasteiger partial charge in [-0.2, -0.15) is 0 Å². The van der Waals surface area contributed by atoms with E-state index in [9.17, 15) is 4.79 Å². The van der Waals surface area contributed by atoms with Crippen LogP contribution >= 0.6 is 11.6 Å².